The van der Waals surface area contributed by atoms with Crippen LogP contribution in [0.15, 0.2) is 51.8 Å². The zero-order valence-corrected chi connectivity index (χ0v) is 13.6. The normalized spacial score (nSPS) is 17.1. The van der Waals surface area contributed by atoms with Gasteiger partial charge in [0.25, 0.3) is 0 Å². The largest absolute Gasteiger partial charge is 0.398 e. The lowest BCUT2D eigenvalue weighted by Gasteiger charge is -2.30. The number of nitrogen functional groups attached to an aromatic ring is 1. The fourth-order valence-electron chi connectivity index (χ4n) is 2.53. The highest BCUT2D eigenvalue weighted by Crippen LogP contribution is 2.34. The van der Waals surface area contributed by atoms with Gasteiger partial charge in [-0.25, -0.2) is 13.1 Å². The highest BCUT2D eigenvalue weighted by molar-refractivity contribution is 9.10. The molecule has 0 spiro atoms. The summed E-state index contributed by atoms with van der Waals surface area (Å²) >= 11 is 3.26. The number of hydrogen-bond acceptors (Lipinski definition) is 3. The van der Waals surface area contributed by atoms with Gasteiger partial charge in [-0.3, -0.25) is 0 Å². The van der Waals surface area contributed by atoms with Crippen molar-refractivity contribution in [2.24, 2.45) is 0 Å². The van der Waals surface area contributed by atoms with Crippen molar-refractivity contribution in [1.29, 1.82) is 0 Å². The number of benzene rings is 2. The fraction of sp³-hybridized carbons (Fsp3) is 0.200. The third-order valence-corrected chi connectivity index (χ3v) is 5.90. The van der Waals surface area contributed by atoms with E-state index in [1.54, 1.807) is 6.07 Å². The first-order valence-electron chi connectivity index (χ1n) is 6.60. The summed E-state index contributed by atoms with van der Waals surface area (Å²) in [6, 6.07) is 12.8. The second-order valence-corrected chi connectivity index (χ2v) is 7.76. The monoisotopic (exact) mass is 366 g/mol. The van der Waals surface area contributed by atoms with Crippen molar-refractivity contribution in [3.05, 3.63) is 58.1 Å². The van der Waals surface area contributed by atoms with Gasteiger partial charge in [-0.05, 0) is 51.7 Å². The Balaban J connectivity index is 1.72. The standard InChI is InChI=1S/C15H15BrN2O2S/c16-14-6-5-12(8-15(14)17)21(19,20)18-9-11-7-10-3-1-2-4-13(10)11/h1-6,8,11,18H,7,9,17H2. The number of sulfonamides is 1. The van der Waals surface area contributed by atoms with Gasteiger partial charge in [-0.15, -0.1) is 0 Å². The van der Waals surface area contributed by atoms with Gasteiger partial charge in [-0.1, -0.05) is 24.3 Å². The zero-order chi connectivity index (χ0) is 15.0. The van der Waals surface area contributed by atoms with Crippen LogP contribution in [0.4, 0.5) is 5.69 Å². The highest BCUT2D eigenvalue weighted by Gasteiger charge is 2.27. The van der Waals surface area contributed by atoms with Crippen LogP contribution in [0.2, 0.25) is 0 Å². The van der Waals surface area contributed by atoms with Gasteiger partial charge in [-0.2, -0.15) is 0 Å². The van der Waals surface area contributed by atoms with Gasteiger partial charge in [0.05, 0.1) is 4.90 Å². The molecule has 0 radical (unpaired) electrons. The minimum absolute atomic E-state index is 0.191. The topological polar surface area (TPSA) is 72.2 Å². The van der Waals surface area contributed by atoms with Crippen LogP contribution in [0.1, 0.15) is 17.0 Å². The van der Waals surface area contributed by atoms with Crippen molar-refractivity contribution >= 4 is 31.6 Å². The van der Waals surface area contributed by atoms with Crippen molar-refractivity contribution in [1.82, 2.24) is 4.72 Å². The maximum atomic E-state index is 12.3. The molecule has 4 nitrogen and oxygen atoms in total. The number of rotatable bonds is 4. The van der Waals surface area contributed by atoms with E-state index in [4.69, 9.17) is 5.73 Å². The van der Waals surface area contributed by atoms with Crippen molar-refractivity contribution in [2.45, 2.75) is 17.2 Å². The van der Waals surface area contributed by atoms with E-state index in [1.807, 2.05) is 12.1 Å². The predicted octanol–water partition coefficient (Wildman–Crippen LogP) is 2.65. The van der Waals surface area contributed by atoms with Crippen molar-refractivity contribution in [3.63, 3.8) is 0 Å². The van der Waals surface area contributed by atoms with Crippen LogP contribution < -0.4 is 10.5 Å². The van der Waals surface area contributed by atoms with Crippen LogP contribution in [0, 0.1) is 0 Å². The Bertz CT molecular complexity index is 790. The second kappa shape index (κ2) is 5.44. The van der Waals surface area contributed by atoms with E-state index in [0.717, 1.165) is 6.42 Å². The van der Waals surface area contributed by atoms with Crippen LogP contribution in [-0.2, 0) is 16.4 Å². The summed E-state index contributed by atoms with van der Waals surface area (Å²) in [6.45, 7) is 0.412. The number of hydrogen-bond donors (Lipinski definition) is 2. The van der Waals surface area contributed by atoms with Crippen LogP contribution in [-0.4, -0.2) is 15.0 Å². The van der Waals surface area contributed by atoms with Gasteiger partial charge in [0, 0.05) is 22.6 Å². The van der Waals surface area contributed by atoms with Gasteiger partial charge in [0.15, 0.2) is 0 Å². The molecule has 0 aromatic heterocycles. The lowest BCUT2D eigenvalue weighted by Crippen LogP contribution is -2.33. The first-order valence-corrected chi connectivity index (χ1v) is 8.87. The van der Waals surface area contributed by atoms with E-state index in [2.05, 4.69) is 32.8 Å². The molecular weight excluding hydrogens is 352 g/mol. The number of nitrogens with one attached hydrogen (secondary N) is 1. The van der Waals surface area contributed by atoms with E-state index in [1.165, 1.54) is 23.3 Å². The summed E-state index contributed by atoms with van der Waals surface area (Å²) in [5.74, 6) is 0.253. The van der Waals surface area contributed by atoms with E-state index in [9.17, 15) is 8.42 Å². The number of fused-ring (bicyclic) bond motifs is 1. The maximum absolute atomic E-state index is 12.3. The Labute approximate surface area is 132 Å². The van der Waals surface area contributed by atoms with Crippen molar-refractivity contribution in [3.8, 4) is 0 Å². The maximum Gasteiger partial charge on any atom is 0.240 e. The summed E-state index contributed by atoms with van der Waals surface area (Å²) < 4.78 is 27.9. The van der Waals surface area contributed by atoms with E-state index >= 15 is 0 Å². The SMILES string of the molecule is Nc1cc(S(=O)(=O)NCC2Cc3ccccc32)ccc1Br. The lowest BCUT2D eigenvalue weighted by atomic mass is 9.78. The molecular formula is C15H15BrN2O2S. The summed E-state index contributed by atoms with van der Waals surface area (Å²) in [7, 11) is -3.52. The average Bonchev–Trinajstić information content (AvgIpc) is 2.42. The Kier molecular flexibility index (Phi) is 3.77. The van der Waals surface area contributed by atoms with Gasteiger partial charge < -0.3 is 5.73 Å². The average molecular weight is 367 g/mol. The van der Waals surface area contributed by atoms with Gasteiger partial charge >= 0.3 is 0 Å². The van der Waals surface area contributed by atoms with E-state index < -0.39 is 10.0 Å². The molecule has 1 unspecified atom stereocenters. The first-order chi connectivity index (χ1) is 9.97. The molecule has 1 aliphatic rings. The molecule has 0 fully saturated rings. The third kappa shape index (κ3) is 2.84. The number of halogens is 1. The number of anilines is 1. The minimum atomic E-state index is -3.52. The lowest BCUT2D eigenvalue weighted by molar-refractivity contribution is 0.552. The van der Waals surface area contributed by atoms with Crippen molar-refractivity contribution < 1.29 is 8.42 Å². The van der Waals surface area contributed by atoms with E-state index in [-0.39, 0.29) is 10.8 Å². The van der Waals surface area contributed by atoms with Crippen LogP contribution in [0.5, 0.6) is 0 Å². The molecule has 3 rings (SSSR count). The zero-order valence-electron chi connectivity index (χ0n) is 11.2. The molecule has 0 aliphatic heterocycles. The van der Waals surface area contributed by atoms with E-state index in [0.29, 0.717) is 16.7 Å². The first kappa shape index (κ1) is 14.6. The minimum Gasteiger partial charge on any atom is -0.398 e. The van der Waals surface area contributed by atoms with Crippen LogP contribution >= 0.6 is 15.9 Å². The molecule has 110 valence electrons. The quantitative estimate of drug-likeness (QED) is 0.817. The van der Waals surface area contributed by atoms with Gasteiger partial charge in [0.1, 0.15) is 0 Å². The number of nitrogens with two attached hydrogens (primary N) is 1. The summed E-state index contributed by atoms with van der Waals surface area (Å²) in [5, 5.41) is 0. The molecule has 0 heterocycles. The smallest absolute Gasteiger partial charge is 0.240 e. The molecule has 3 N–H and O–H groups in total. The molecule has 0 saturated heterocycles. The van der Waals surface area contributed by atoms with Gasteiger partial charge in [0.2, 0.25) is 10.0 Å². The molecule has 1 aliphatic carbocycles. The Morgan fingerprint density at radius 2 is 2.00 bits per heavy atom. The Hall–Kier alpha value is -1.37. The Morgan fingerprint density at radius 1 is 1.24 bits per heavy atom. The summed E-state index contributed by atoms with van der Waals surface area (Å²) in [5.41, 5.74) is 8.68. The molecule has 0 saturated carbocycles. The Morgan fingerprint density at radius 3 is 2.71 bits per heavy atom. The highest BCUT2D eigenvalue weighted by atomic mass is 79.9. The summed E-state index contributed by atoms with van der Waals surface area (Å²) in [6.07, 6.45) is 0.918. The molecule has 0 bridgehead atoms. The molecule has 6 heteroatoms. The molecule has 1 atom stereocenters. The molecule has 21 heavy (non-hydrogen) atoms. The molecule has 2 aromatic carbocycles. The molecule has 2 aromatic rings. The molecule has 0 amide bonds. The second-order valence-electron chi connectivity index (χ2n) is 5.14. The van der Waals surface area contributed by atoms with Crippen LogP contribution in [0.25, 0.3) is 0 Å². The van der Waals surface area contributed by atoms with Crippen molar-refractivity contribution in [2.75, 3.05) is 12.3 Å². The fourth-order valence-corrected chi connectivity index (χ4v) is 3.89. The third-order valence-electron chi connectivity index (χ3n) is 3.76. The van der Waals surface area contributed by atoms with Crippen LogP contribution in [0.3, 0.4) is 0 Å². The predicted molar refractivity (Wildman–Crippen MR) is 86.6 cm³/mol. The summed E-state index contributed by atoms with van der Waals surface area (Å²) in [4.78, 5) is 0.191.